The van der Waals surface area contributed by atoms with Crippen LogP contribution in [0.2, 0.25) is 5.02 Å². The molecule has 1 aromatic heterocycles. The summed E-state index contributed by atoms with van der Waals surface area (Å²) in [6.45, 7) is 5.65. The summed E-state index contributed by atoms with van der Waals surface area (Å²) >= 11 is 5.99. The van der Waals surface area contributed by atoms with Crippen LogP contribution in [-0.4, -0.2) is 10.8 Å². The first-order chi connectivity index (χ1) is 9.38. The third-order valence-electron chi connectivity index (χ3n) is 2.92. The number of rotatable bonds is 3. The summed E-state index contributed by atoms with van der Waals surface area (Å²) in [5, 5.41) is 8.34. The SMILES string of the molecule is Cc1cc(C)c(C(=N)N)c(Oc2ccc(Cl)c(C)c2)n1. The van der Waals surface area contributed by atoms with E-state index in [0.29, 0.717) is 22.2 Å². The fraction of sp³-hybridized carbons (Fsp3) is 0.200. The molecular weight excluding hydrogens is 274 g/mol. The molecule has 0 spiro atoms. The number of hydrogen-bond donors (Lipinski definition) is 2. The van der Waals surface area contributed by atoms with Crippen molar-refractivity contribution < 1.29 is 4.74 Å². The second-order valence-corrected chi connectivity index (χ2v) is 5.09. The molecule has 0 radical (unpaired) electrons. The van der Waals surface area contributed by atoms with Crippen LogP contribution in [-0.2, 0) is 0 Å². The highest BCUT2D eigenvalue weighted by atomic mass is 35.5. The number of nitrogens with one attached hydrogen (secondary N) is 1. The maximum Gasteiger partial charge on any atom is 0.230 e. The number of amidine groups is 1. The lowest BCUT2D eigenvalue weighted by Crippen LogP contribution is -2.15. The predicted molar refractivity (Wildman–Crippen MR) is 81.0 cm³/mol. The van der Waals surface area contributed by atoms with Crippen molar-refractivity contribution in [3.8, 4) is 11.6 Å². The van der Waals surface area contributed by atoms with E-state index in [4.69, 9.17) is 27.5 Å². The Morgan fingerprint density at radius 3 is 2.50 bits per heavy atom. The normalized spacial score (nSPS) is 10.4. The molecule has 0 fully saturated rings. The van der Waals surface area contributed by atoms with Crippen LogP contribution in [0.15, 0.2) is 24.3 Å². The van der Waals surface area contributed by atoms with Crippen LogP contribution in [0.5, 0.6) is 11.6 Å². The first-order valence-corrected chi connectivity index (χ1v) is 6.53. The van der Waals surface area contributed by atoms with E-state index in [-0.39, 0.29) is 5.84 Å². The summed E-state index contributed by atoms with van der Waals surface area (Å²) in [7, 11) is 0. The summed E-state index contributed by atoms with van der Waals surface area (Å²) in [4.78, 5) is 4.33. The molecule has 0 bridgehead atoms. The Labute approximate surface area is 123 Å². The molecule has 4 nitrogen and oxygen atoms in total. The van der Waals surface area contributed by atoms with Gasteiger partial charge in [-0.2, -0.15) is 0 Å². The quantitative estimate of drug-likeness (QED) is 0.668. The average Bonchev–Trinajstić information content (AvgIpc) is 2.32. The minimum Gasteiger partial charge on any atom is -0.438 e. The summed E-state index contributed by atoms with van der Waals surface area (Å²) in [6.07, 6.45) is 0. The van der Waals surface area contributed by atoms with Gasteiger partial charge >= 0.3 is 0 Å². The molecule has 20 heavy (non-hydrogen) atoms. The van der Waals surface area contributed by atoms with E-state index in [1.165, 1.54) is 0 Å². The van der Waals surface area contributed by atoms with Gasteiger partial charge in [0.2, 0.25) is 5.88 Å². The van der Waals surface area contributed by atoms with Gasteiger partial charge in [-0.3, -0.25) is 5.41 Å². The lowest BCUT2D eigenvalue weighted by Gasteiger charge is -2.13. The number of nitrogen functional groups attached to an aromatic ring is 1. The zero-order valence-electron chi connectivity index (χ0n) is 11.6. The molecular formula is C15H16ClN3O. The van der Waals surface area contributed by atoms with E-state index in [1.807, 2.05) is 32.9 Å². The molecule has 2 aromatic rings. The highest BCUT2D eigenvalue weighted by Gasteiger charge is 2.14. The van der Waals surface area contributed by atoms with Gasteiger partial charge in [-0.15, -0.1) is 0 Å². The van der Waals surface area contributed by atoms with Gasteiger partial charge in [0.1, 0.15) is 11.6 Å². The van der Waals surface area contributed by atoms with E-state index >= 15 is 0 Å². The summed E-state index contributed by atoms with van der Waals surface area (Å²) < 4.78 is 5.78. The Morgan fingerprint density at radius 1 is 1.20 bits per heavy atom. The molecule has 104 valence electrons. The van der Waals surface area contributed by atoms with Crippen molar-refractivity contribution in [2.75, 3.05) is 0 Å². The number of ether oxygens (including phenoxy) is 1. The number of pyridine rings is 1. The molecule has 1 aromatic carbocycles. The van der Waals surface area contributed by atoms with Crippen LogP contribution in [0.3, 0.4) is 0 Å². The predicted octanol–water partition coefficient (Wildman–Crippen LogP) is 3.74. The first-order valence-electron chi connectivity index (χ1n) is 6.15. The third-order valence-corrected chi connectivity index (χ3v) is 3.35. The van der Waals surface area contributed by atoms with E-state index in [1.54, 1.807) is 12.1 Å². The molecule has 1 heterocycles. The molecule has 0 aliphatic rings. The second-order valence-electron chi connectivity index (χ2n) is 4.69. The number of benzene rings is 1. The van der Waals surface area contributed by atoms with Gasteiger partial charge in [0, 0.05) is 10.7 Å². The van der Waals surface area contributed by atoms with Crippen molar-refractivity contribution in [2.24, 2.45) is 5.73 Å². The van der Waals surface area contributed by atoms with Crippen molar-refractivity contribution in [3.05, 3.63) is 51.7 Å². The Kier molecular flexibility index (Phi) is 3.95. The summed E-state index contributed by atoms with van der Waals surface area (Å²) in [6, 6.07) is 7.23. The Balaban J connectivity index is 2.47. The maximum absolute atomic E-state index is 7.67. The number of nitrogens with two attached hydrogens (primary N) is 1. The molecule has 0 atom stereocenters. The Morgan fingerprint density at radius 2 is 1.90 bits per heavy atom. The van der Waals surface area contributed by atoms with Gasteiger partial charge in [-0.25, -0.2) is 4.98 Å². The summed E-state index contributed by atoms with van der Waals surface area (Å²) in [5.74, 6) is 0.902. The fourth-order valence-electron chi connectivity index (χ4n) is 2.00. The molecule has 0 saturated carbocycles. The van der Waals surface area contributed by atoms with E-state index in [2.05, 4.69) is 4.98 Å². The van der Waals surface area contributed by atoms with E-state index in [9.17, 15) is 0 Å². The zero-order valence-corrected chi connectivity index (χ0v) is 12.4. The van der Waals surface area contributed by atoms with Crippen LogP contribution in [0.1, 0.15) is 22.4 Å². The van der Waals surface area contributed by atoms with Gasteiger partial charge in [-0.1, -0.05) is 11.6 Å². The lowest BCUT2D eigenvalue weighted by molar-refractivity contribution is 0.459. The third kappa shape index (κ3) is 2.91. The number of halogens is 1. The molecule has 2 rings (SSSR count). The van der Waals surface area contributed by atoms with Crippen LogP contribution < -0.4 is 10.5 Å². The number of hydrogen-bond acceptors (Lipinski definition) is 3. The topological polar surface area (TPSA) is 72.0 Å². The van der Waals surface area contributed by atoms with Crippen molar-refractivity contribution in [1.82, 2.24) is 4.98 Å². The average molecular weight is 290 g/mol. The number of nitrogens with zero attached hydrogens (tertiary/aromatic N) is 1. The Hall–Kier alpha value is -2.07. The molecule has 0 unspecified atom stereocenters. The molecule has 0 aliphatic heterocycles. The van der Waals surface area contributed by atoms with E-state index < -0.39 is 0 Å². The first kappa shape index (κ1) is 14.3. The highest BCUT2D eigenvalue weighted by Crippen LogP contribution is 2.28. The second kappa shape index (κ2) is 5.51. The van der Waals surface area contributed by atoms with Crippen molar-refractivity contribution in [2.45, 2.75) is 20.8 Å². The van der Waals surface area contributed by atoms with Gasteiger partial charge in [0.25, 0.3) is 0 Å². The van der Waals surface area contributed by atoms with Crippen molar-refractivity contribution in [3.63, 3.8) is 0 Å². The maximum atomic E-state index is 7.67. The van der Waals surface area contributed by atoms with Crippen LogP contribution in [0.4, 0.5) is 0 Å². The minimum atomic E-state index is -0.0596. The van der Waals surface area contributed by atoms with Crippen molar-refractivity contribution >= 4 is 17.4 Å². The van der Waals surface area contributed by atoms with Crippen LogP contribution in [0.25, 0.3) is 0 Å². The molecule has 5 heteroatoms. The largest absolute Gasteiger partial charge is 0.438 e. The standard InChI is InChI=1S/C15H16ClN3O/c1-8-7-11(4-5-12(8)16)20-15-13(14(17)18)9(2)6-10(3)19-15/h4-7H,1-3H3,(H3,17,18). The van der Waals surface area contributed by atoms with Gasteiger partial charge in [0.05, 0.1) is 5.56 Å². The van der Waals surface area contributed by atoms with Gasteiger partial charge in [-0.05, 0) is 56.2 Å². The lowest BCUT2D eigenvalue weighted by atomic mass is 10.1. The smallest absolute Gasteiger partial charge is 0.230 e. The zero-order chi connectivity index (χ0) is 14.9. The summed E-state index contributed by atoms with van der Waals surface area (Å²) in [5.41, 5.74) is 8.73. The molecule has 0 amide bonds. The minimum absolute atomic E-state index is 0.0596. The number of aromatic nitrogens is 1. The molecule has 0 aliphatic carbocycles. The highest BCUT2D eigenvalue weighted by molar-refractivity contribution is 6.31. The Bertz CT molecular complexity index is 683. The molecule has 0 saturated heterocycles. The number of aryl methyl sites for hydroxylation is 3. The molecule has 3 N–H and O–H groups in total. The van der Waals surface area contributed by atoms with Gasteiger partial charge in [0.15, 0.2) is 0 Å². The van der Waals surface area contributed by atoms with E-state index in [0.717, 1.165) is 16.8 Å². The van der Waals surface area contributed by atoms with Crippen molar-refractivity contribution in [1.29, 1.82) is 5.41 Å². The monoisotopic (exact) mass is 289 g/mol. The van der Waals surface area contributed by atoms with Crippen LogP contribution in [0, 0.1) is 26.2 Å². The van der Waals surface area contributed by atoms with Crippen LogP contribution >= 0.6 is 11.6 Å². The van der Waals surface area contributed by atoms with Gasteiger partial charge < -0.3 is 10.5 Å². The fourth-order valence-corrected chi connectivity index (χ4v) is 2.11.